The van der Waals surface area contributed by atoms with Gasteiger partial charge in [0.05, 0.1) is 12.0 Å². The summed E-state index contributed by atoms with van der Waals surface area (Å²) >= 11 is 0. The van der Waals surface area contributed by atoms with Crippen LogP contribution in [0, 0.1) is 5.92 Å². The van der Waals surface area contributed by atoms with Gasteiger partial charge in [0, 0.05) is 25.9 Å². The molecule has 1 amide bonds. The molecule has 1 aliphatic rings. The Morgan fingerprint density at radius 2 is 2.21 bits per heavy atom. The molecule has 1 heterocycles. The summed E-state index contributed by atoms with van der Waals surface area (Å²) in [6.45, 7) is 3.18. The monoisotopic (exact) mass is 262 g/mol. The van der Waals surface area contributed by atoms with E-state index in [1.807, 2.05) is 31.3 Å². The van der Waals surface area contributed by atoms with Crippen molar-refractivity contribution in [3.8, 4) is 0 Å². The molecular weight excluding hydrogens is 240 g/mol. The van der Waals surface area contributed by atoms with Crippen LogP contribution >= 0.6 is 0 Å². The topological polar surface area (TPSA) is 55.6 Å². The summed E-state index contributed by atoms with van der Waals surface area (Å²) in [6.07, 6.45) is 1.75. The Morgan fingerprint density at radius 3 is 2.89 bits per heavy atom. The molecule has 1 saturated heterocycles. The minimum absolute atomic E-state index is 0.0270. The van der Waals surface area contributed by atoms with Crippen LogP contribution in [0.25, 0.3) is 0 Å². The van der Waals surface area contributed by atoms with E-state index < -0.39 is 0 Å². The fourth-order valence-electron chi connectivity index (χ4n) is 2.71. The van der Waals surface area contributed by atoms with Crippen molar-refractivity contribution in [3.63, 3.8) is 0 Å². The number of rotatable bonds is 4. The molecular formula is C15H22N2O2. The zero-order valence-electron chi connectivity index (χ0n) is 11.6. The van der Waals surface area contributed by atoms with E-state index in [0.717, 1.165) is 24.1 Å². The number of hydrogen-bond donors (Lipinski definition) is 1. The highest BCUT2D eigenvalue weighted by atomic mass is 16.5. The van der Waals surface area contributed by atoms with Gasteiger partial charge in [-0.3, -0.25) is 4.79 Å². The molecule has 2 atom stereocenters. The predicted octanol–water partition coefficient (Wildman–Crippen LogP) is 1.92. The third-order valence-corrected chi connectivity index (χ3v) is 3.83. The Bertz CT molecular complexity index is 448. The van der Waals surface area contributed by atoms with Crippen LogP contribution in [0.4, 0.5) is 5.69 Å². The fraction of sp³-hybridized carbons (Fsp3) is 0.533. The van der Waals surface area contributed by atoms with Crippen LogP contribution < -0.4 is 10.6 Å². The first-order chi connectivity index (χ1) is 9.19. The van der Waals surface area contributed by atoms with E-state index in [1.165, 1.54) is 0 Å². The number of carbonyl (C=O) groups excluding carboxylic acids is 1. The van der Waals surface area contributed by atoms with Gasteiger partial charge in [-0.05, 0) is 24.5 Å². The molecule has 19 heavy (non-hydrogen) atoms. The van der Waals surface area contributed by atoms with Crippen molar-refractivity contribution >= 4 is 11.6 Å². The van der Waals surface area contributed by atoms with Crippen LogP contribution in [-0.2, 0) is 16.1 Å². The normalized spacial score (nSPS) is 22.5. The lowest BCUT2D eigenvalue weighted by Crippen LogP contribution is -2.37. The highest BCUT2D eigenvalue weighted by molar-refractivity contribution is 5.95. The lowest BCUT2D eigenvalue weighted by molar-refractivity contribution is -0.123. The number of nitrogens with zero attached hydrogens (tertiary/aromatic N) is 1. The molecule has 1 aromatic carbocycles. The van der Waals surface area contributed by atoms with Crippen LogP contribution in [0.2, 0.25) is 0 Å². The summed E-state index contributed by atoms with van der Waals surface area (Å²) in [7, 11) is 1.82. The zero-order chi connectivity index (χ0) is 13.8. The Morgan fingerprint density at radius 1 is 1.47 bits per heavy atom. The second-order valence-corrected chi connectivity index (χ2v) is 4.94. The molecule has 4 heteroatoms. The summed E-state index contributed by atoms with van der Waals surface area (Å²) in [6, 6.07) is 7.77. The van der Waals surface area contributed by atoms with E-state index in [-0.39, 0.29) is 17.9 Å². The molecule has 0 spiro atoms. The Hall–Kier alpha value is -1.39. The number of nitrogens with two attached hydrogens (primary N) is 1. The SMILES string of the molecule is CCC1OCCC1C(=O)N(C)c1ccccc1CN. The minimum Gasteiger partial charge on any atom is -0.377 e. The van der Waals surface area contributed by atoms with Gasteiger partial charge >= 0.3 is 0 Å². The number of hydrogen-bond acceptors (Lipinski definition) is 3. The maximum atomic E-state index is 12.6. The van der Waals surface area contributed by atoms with Crippen molar-refractivity contribution in [1.29, 1.82) is 0 Å². The van der Waals surface area contributed by atoms with Gasteiger partial charge in [0.15, 0.2) is 0 Å². The predicted molar refractivity (Wildman–Crippen MR) is 75.9 cm³/mol. The van der Waals surface area contributed by atoms with Crippen molar-refractivity contribution in [2.75, 3.05) is 18.6 Å². The first kappa shape index (κ1) is 14.0. The molecule has 2 N–H and O–H groups in total. The summed E-state index contributed by atoms with van der Waals surface area (Å²) < 4.78 is 5.61. The number of para-hydroxylation sites is 1. The van der Waals surface area contributed by atoms with Crippen molar-refractivity contribution in [2.45, 2.75) is 32.4 Å². The first-order valence-corrected chi connectivity index (χ1v) is 6.86. The van der Waals surface area contributed by atoms with Crippen LogP contribution in [0.5, 0.6) is 0 Å². The highest BCUT2D eigenvalue weighted by Gasteiger charge is 2.35. The van der Waals surface area contributed by atoms with Crippen molar-refractivity contribution in [2.24, 2.45) is 11.7 Å². The summed E-state index contributed by atoms with van der Waals surface area (Å²) in [4.78, 5) is 14.3. The highest BCUT2D eigenvalue weighted by Crippen LogP contribution is 2.28. The molecule has 0 bridgehead atoms. The van der Waals surface area contributed by atoms with Gasteiger partial charge in [0.2, 0.25) is 5.91 Å². The average molecular weight is 262 g/mol. The molecule has 0 radical (unpaired) electrons. The molecule has 4 nitrogen and oxygen atoms in total. The van der Waals surface area contributed by atoms with Gasteiger partial charge in [-0.1, -0.05) is 25.1 Å². The molecule has 104 valence electrons. The zero-order valence-corrected chi connectivity index (χ0v) is 11.6. The molecule has 1 aromatic rings. The van der Waals surface area contributed by atoms with Crippen molar-refractivity contribution < 1.29 is 9.53 Å². The van der Waals surface area contributed by atoms with E-state index in [0.29, 0.717) is 13.2 Å². The number of anilines is 1. The van der Waals surface area contributed by atoms with E-state index in [9.17, 15) is 4.79 Å². The van der Waals surface area contributed by atoms with Gasteiger partial charge in [-0.25, -0.2) is 0 Å². The van der Waals surface area contributed by atoms with E-state index in [2.05, 4.69) is 6.92 Å². The van der Waals surface area contributed by atoms with E-state index >= 15 is 0 Å². The standard InChI is InChI=1S/C15H22N2O2/c1-3-14-12(8-9-19-14)15(18)17(2)13-7-5-4-6-11(13)10-16/h4-7,12,14H,3,8-10,16H2,1-2H3. The summed E-state index contributed by atoms with van der Waals surface area (Å²) in [5, 5.41) is 0. The van der Waals surface area contributed by atoms with Gasteiger partial charge in [-0.15, -0.1) is 0 Å². The van der Waals surface area contributed by atoms with Crippen molar-refractivity contribution in [3.05, 3.63) is 29.8 Å². The molecule has 2 unspecified atom stereocenters. The van der Waals surface area contributed by atoms with Crippen molar-refractivity contribution in [1.82, 2.24) is 0 Å². The fourth-order valence-corrected chi connectivity index (χ4v) is 2.71. The Kier molecular flexibility index (Phi) is 4.56. The van der Waals surface area contributed by atoms with Gasteiger partial charge in [-0.2, -0.15) is 0 Å². The third-order valence-electron chi connectivity index (χ3n) is 3.83. The Balaban J connectivity index is 2.19. The molecule has 1 fully saturated rings. The second kappa shape index (κ2) is 6.17. The number of amides is 1. The molecule has 0 saturated carbocycles. The second-order valence-electron chi connectivity index (χ2n) is 4.94. The van der Waals surface area contributed by atoms with E-state index in [1.54, 1.807) is 4.90 Å². The average Bonchev–Trinajstić information content (AvgIpc) is 2.94. The lowest BCUT2D eigenvalue weighted by Gasteiger charge is -2.25. The smallest absolute Gasteiger partial charge is 0.232 e. The third kappa shape index (κ3) is 2.80. The van der Waals surface area contributed by atoms with Gasteiger partial charge < -0.3 is 15.4 Å². The Labute approximate surface area is 114 Å². The number of benzene rings is 1. The molecule has 1 aliphatic heterocycles. The van der Waals surface area contributed by atoms with E-state index in [4.69, 9.17) is 10.5 Å². The molecule has 0 aromatic heterocycles. The minimum atomic E-state index is -0.0270. The largest absolute Gasteiger partial charge is 0.377 e. The molecule has 2 rings (SSSR count). The maximum Gasteiger partial charge on any atom is 0.232 e. The van der Waals surface area contributed by atoms with Crippen LogP contribution in [0.15, 0.2) is 24.3 Å². The van der Waals surface area contributed by atoms with Gasteiger partial charge in [0.25, 0.3) is 0 Å². The van der Waals surface area contributed by atoms with Gasteiger partial charge in [0.1, 0.15) is 0 Å². The number of carbonyl (C=O) groups is 1. The first-order valence-electron chi connectivity index (χ1n) is 6.86. The molecule has 0 aliphatic carbocycles. The maximum absolute atomic E-state index is 12.6. The quantitative estimate of drug-likeness (QED) is 0.902. The number of ether oxygens (including phenoxy) is 1. The van der Waals surface area contributed by atoms with Crippen LogP contribution in [-0.4, -0.2) is 25.7 Å². The summed E-state index contributed by atoms with van der Waals surface area (Å²) in [5.74, 6) is 0.103. The lowest BCUT2D eigenvalue weighted by atomic mass is 9.97. The summed E-state index contributed by atoms with van der Waals surface area (Å²) in [5.41, 5.74) is 7.62. The van der Waals surface area contributed by atoms with Crippen LogP contribution in [0.3, 0.4) is 0 Å². The van der Waals surface area contributed by atoms with Crippen LogP contribution in [0.1, 0.15) is 25.3 Å².